The van der Waals surface area contributed by atoms with Crippen molar-refractivity contribution in [2.45, 2.75) is 46.5 Å². The molecule has 0 fully saturated rings. The van der Waals surface area contributed by atoms with Gasteiger partial charge in [0, 0.05) is 17.6 Å². The normalized spacial score (nSPS) is 12.8. The van der Waals surface area contributed by atoms with Gasteiger partial charge in [0.15, 0.2) is 0 Å². The van der Waals surface area contributed by atoms with E-state index in [2.05, 4.69) is 60.7 Å². The van der Waals surface area contributed by atoms with Crippen LogP contribution in [0.25, 0.3) is 5.69 Å². The molecule has 108 valence electrons. The highest BCUT2D eigenvalue weighted by atomic mass is 15.0. The lowest BCUT2D eigenvalue weighted by Gasteiger charge is -2.14. The molecular weight excluding hydrogens is 244 g/mol. The highest BCUT2D eigenvalue weighted by Crippen LogP contribution is 2.19. The van der Waals surface area contributed by atoms with Gasteiger partial charge in [-0.15, -0.1) is 0 Å². The molecule has 0 saturated carbocycles. The number of aromatic nitrogens is 2. The zero-order valence-corrected chi connectivity index (χ0v) is 12.9. The molecule has 0 radical (unpaired) electrons. The molecule has 1 aromatic carbocycles. The van der Waals surface area contributed by atoms with Crippen LogP contribution in [0.15, 0.2) is 42.9 Å². The Labute approximate surface area is 122 Å². The van der Waals surface area contributed by atoms with E-state index >= 15 is 0 Å². The monoisotopic (exact) mass is 270 g/mol. The van der Waals surface area contributed by atoms with Gasteiger partial charge in [0.05, 0.1) is 6.33 Å². The highest BCUT2D eigenvalue weighted by Gasteiger charge is 2.09. The van der Waals surface area contributed by atoms with Crippen molar-refractivity contribution >= 4 is 0 Å². The third kappa shape index (κ3) is 4.22. The molecule has 2 rings (SSSR count). The lowest BCUT2D eigenvalue weighted by Crippen LogP contribution is -2.06. The van der Waals surface area contributed by atoms with E-state index in [0.29, 0.717) is 5.92 Å². The zero-order valence-electron chi connectivity index (χ0n) is 12.9. The van der Waals surface area contributed by atoms with E-state index in [1.165, 1.54) is 30.6 Å². The van der Waals surface area contributed by atoms with Crippen LogP contribution in [0.4, 0.5) is 0 Å². The SMILES string of the molecule is CC(C)CCCC(C)Cc1cncn1-c1ccccc1. The molecule has 0 bridgehead atoms. The summed E-state index contributed by atoms with van der Waals surface area (Å²) in [5, 5.41) is 0. The summed E-state index contributed by atoms with van der Waals surface area (Å²) < 4.78 is 2.21. The smallest absolute Gasteiger partial charge is 0.0994 e. The second-order valence-electron chi connectivity index (χ2n) is 6.22. The molecule has 0 amide bonds. The van der Waals surface area contributed by atoms with E-state index < -0.39 is 0 Å². The number of para-hydroxylation sites is 1. The number of hydrogen-bond acceptors (Lipinski definition) is 1. The maximum Gasteiger partial charge on any atom is 0.0994 e. The zero-order chi connectivity index (χ0) is 14.4. The van der Waals surface area contributed by atoms with E-state index in [4.69, 9.17) is 0 Å². The largest absolute Gasteiger partial charge is 0.303 e. The van der Waals surface area contributed by atoms with Gasteiger partial charge in [-0.05, 0) is 30.4 Å². The molecule has 1 atom stereocenters. The molecule has 0 saturated heterocycles. The van der Waals surface area contributed by atoms with Gasteiger partial charge >= 0.3 is 0 Å². The van der Waals surface area contributed by atoms with E-state index in [9.17, 15) is 0 Å². The Hall–Kier alpha value is -1.57. The predicted octanol–water partition coefficient (Wildman–Crippen LogP) is 4.88. The molecule has 2 heteroatoms. The minimum atomic E-state index is 0.716. The first-order valence-corrected chi connectivity index (χ1v) is 7.73. The standard InChI is InChI=1S/C18H26N2/c1-15(2)8-7-9-16(3)12-18-13-19-14-20(18)17-10-5-4-6-11-17/h4-6,10-11,13-16H,7-9,12H2,1-3H3. The molecule has 1 unspecified atom stereocenters. The van der Waals surface area contributed by atoms with E-state index in [1.807, 2.05) is 12.5 Å². The van der Waals surface area contributed by atoms with Gasteiger partial charge in [0.2, 0.25) is 0 Å². The first kappa shape index (κ1) is 14.8. The summed E-state index contributed by atoms with van der Waals surface area (Å²) in [6.45, 7) is 6.95. The summed E-state index contributed by atoms with van der Waals surface area (Å²) in [6, 6.07) is 10.5. The van der Waals surface area contributed by atoms with Crippen molar-refractivity contribution in [3.8, 4) is 5.69 Å². The second-order valence-corrected chi connectivity index (χ2v) is 6.22. The van der Waals surface area contributed by atoms with Crippen LogP contribution in [-0.4, -0.2) is 9.55 Å². The van der Waals surface area contributed by atoms with E-state index in [1.54, 1.807) is 0 Å². The summed E-state index contributed by atoms with van der Waals surface area (Å²) >= 11 is 0. The number of rotatable bonds is 7. The second kappa shape index (κ2) is 7.28. The molecule has 0 spiro atoms. The van der Waals surface area contributed by atoms with Crippen LogP contribution in [0, 0.1) is 11.8 Å². The van der Waals surface area contributed by atoms with Gasteiger partial charge < -0.3 is 4.57 Å². The van der Waals surface area contributed by atoms with Gasteiger partial charge in [-0.1, -0.05) is 58.2 Å². The summed E-state index contributed by atoms with van der Waals surface area (Å²) in [6.07, 6.45) is 9.00. The fraction of sp³-hybridized carbons (Fsp3) is 0.500. The molecule has 1 heterocycles. The number of imidazole rings is 1. The average molecular weight is 270 g/mol. The van der Waals surface area contributed by atoms with Crippen LogP contribution in [-0.2, 0) is 6.42 Å². The molecule has 20 heavy (non-hydrogen) atoms. The molecule has 2 nitrogen and oxygen atoms in total. The molecule has 0 aliphatic rings. The Bertz CT molecular complexity index is 499. The van der Waals surface area contributed by atoms with Crippen LogP contribution in [0.5, 0.6) is 0 Å². The third-order valence-electron chi connectivity index (χ3n) is 3.79. The number of hydrogen-bond donors (Lipinski definition) is 0. The lowest BCUT2D eigenvalue weighted by molar-refractivity contribution is 0.452. The van der Waals surface area contributed by atoms with Gasteiger partial charge in [0.1, 0.15) is 0 Å². The molecule has 0 N–H and O–H groups in total. The van der Waals surface area contributed by atoms with Crippen molar-refractivity contribution in [1.82, 2.24) is 9.55 Å². The minimum Gasteiger partial charge on any atom is -0.303 e. The average Bonchev–Trinajstić information content (AvgIpc) is 2.87. The lowest BCUT2D eigenvalue weighted by atomic mass is 9.96. The van der Waals surface area contributed by atoms with Crippen LogP contribution < -0.4 is 0 Å². The van der Waals surface area contributed by atoms with Gasteiger partial charge in [0.25, 0.3) is 0 Å². The summed E-state index contributed by atoms with van der Waals surface area (Å²) in [4.78, 5) is 4.32. The highest BCUT2D eigenvalue weighted by molar-refractivity contribution is 5.33. The Kier molecular flexibility index (Phi) is 5.40. The van der Waals surface area contributed by atoms with Crippen molar-refractivity contribution in [2.75, 3.05) is 0 Å². The van der Waals surface area contributed by atoms with Gasteiger partial charge in [-0.2, -0.15) is 0 Å². The van der Waals surface area contributed by atoms with Crippen molar-refractivity contribution in [1.29, 1.82) is 0 Å². The van der Waals surface area contributed by atoms with Gasteiger partial charge in [-0.3, -0.25) is 0 Å². The van der Waals surface area contributed by atoms with Crippen LogP contribution in [0.2, 0.25) is 0 Å². The maximum absolute atomic E-state index is 4.32. The topological polar surface area (TPSA) is 17.8 Å². The molecule has 2 aromatic rings. The first-order chi connectivity index (χ1) is 9.66. The number of benzene rings is 1. The van der Waals surface area contributed by atoms with Crippen molar-refractivity contribution in [3.05, 3.63) is 48.5 Å². The molecule has 0 aliphatic heterocycles. The fourth-order valence-corrected chi connectivity index (χ4v) is 2.63. The van der Waals surface area contributed by atoms with Gasteiger partial charge in [-0.25, -0.2) is 4.98 Å². The predicted molar refractivity (Wildman–Crippen MR) is 85.1 cm³/mol. The maximum atomic E-state index is 4.32. The Balaban J connectivity index is 1.95. The van der Waals surface area contributed by atoms with Crippen molar-refractivity contribution in [3.63, 3.8) is 0 Å². The molecule has 0 aliphatic carbocycles. The van der Waals surface area contributed by atoms with Crippen molar-refractivity contribution < 1.29 is 0 Å². The molecule has 1 aromatic heterocycles. The quantitative estimate of drug-likeness (QED) is 0.701. The Morgan fingerprint density at radius 3 is 2.50 bits per heavy atom. The Morgan fingerprint density at radius 2 is 1.80 bits per heavy atom. The van der Waals surface area contributed by atoms with Crippen LogP contribution in [0.1, 0.15) is 45.7 Å². The summed E-state index contributed by atoms with van der Waals surface area (Å²) in [5.74, 6) is 1.53. The summed E-state index contributed by atoms with van der Waals surface area (Å²) in [5.41, 5.74) is 2.52. The van der Waals surface area contributed by atoms with E-state index in [-0.39, 0.29) is 0 Å². The van der Waals surface area contributed by atoms with Crippen LogP contribution in [0.3, 0.4) is 0 Å². The first-order valence-electron chi connectivity index (χ1n) is 7.73. The minimum absolute atomic E-state index is 0.716. The third-order valence-corrected chi connectivity index (χ3v) is 3.79. The summed E-state index contributed by atoms with van der Waals surface area (Å²) in [7, 11) is 0. The van der Waals surface area contributed by atoms with E-state index in [0.717, 1.165) is 12.3 Å². The molecular formula is C18H26N2. The fourth-order valence-electron chi connectivity index (χ4n) is 2.63. The van der Waals surface area contributed by atoms with Crippen LogP contribution >= 0.6 is 0 Å². The van der Waals surface area contributed by atoms with Crippen molar-refractivity contribution in [2.24, 2.45) is 11.8 Å². The number of nitrogens with zero attached hydrogens (tertiary/aromatic N) is 2. The Morgan fingerprint density at radius 1 is 1.05 bits per heavy atom.